The van der Waals surface area contributed by atoms with Crippen molar-refractivity contribution in [1.82, 2.24) is 0 Å². The van der Waals surface area contributed by atoms with E-state index >= 15 is 0 Å². The van der Waals surface area contributed by atoms with Crippen LogP contribution in [-0.4, -0.2) is 20.0 Å². The Bertz CT molecular complexity index is 628. The molecule has 0 saturated heterocycles. The number of carbonyl (C=O) groups is 1. The number of ketones is 1. The number of hydrogen-bond donors (Lipinski definition) is 0. The van der Waals surface area contributed by atoms with Crippen LogP contribution in [0.1, 0.15) is 21.5 Å². The summed E-state index contributed by atoms with van der Waals surface area (Å²) in [5, 5.41) is 0. The molecule has 0 radical (unpaired) electrons. The minimum atomic E-state index is -0.0321. The molecule has 4 heteroatoms. The normalized spacial score (nSPS) is 10.2. The fourth-order valence-corrected chi connectivity index (χ4v) is 2.52. The number of rotatable bonds is 4. The van der Waals surface area contributed by atoms with Gasteiger partial charge in [-0.25, -0.2) is 0 Å². The first-order valence-electron chi connectivity index (χ1n) is 6.09. The van der Waals surface area contributed by atoms with Crippen LogP contribution >= 0.6 is 22.6 Å². The van der Waals surface area contributed by atoms with Gasteiger partial charge in [0.05, 0.1) is 14.2 Å². The van der Waals surface area contributed by atoms with E-state index in [1.165, 1.54) is 0 Å². The Balaban J connectivity index is 2.50. The summed E-state index contributed by atoms with van der Waals surface area (Å²) in [7, 11) is 3.14. The van der Waals surface area contributed by atoms with Gasteiger partial charge in [0.25, 0.3) is 0 Å². The molecule has 20 heavy (non-hydrogen) atoms. The smallest absolute Gasteiger partial charge is 0.194 e. The number of halogens is 1. The maximum absolute atomic E-state index is 12.6. The maximum Gasteiger partial charge on any atom is 0.194 e. The van der Waals surface area contributed by atoms with Crippen molar-refractivity contribution in [2.45, 2.75) is 6.92 Å². The lowest BCUT2D eigenvalue weighted by atomic mass is 10.0. The molecule has 0 aliphatic rings. The highest BCUT2D eigenvalue weighted by Crippen LogP contribution is 2.26. The average molecular weight is 382 g/mol. The highest BCUT2D eigenvalue weighted by atomic mass is 127. The van der Waals surface area contributed by atoms with Crippen LogP contribution in [-0.2, 0) is 0 Å². The summed E-state index contributed by atoms with van der Waals surface area (Å²) in [6.45, 7) is 1.99. The van der Waals surface area contributed by atoms with Crippen LogP contribution in [0.15, 0.2) is 36.4 Å². The Kier molecular flexibility index (Phi) is 4.65. The minimum absolute atomic E-state index is 0.0321. The molecule has 0 atom stereocenters. The standard InChI is InChI=1S/C16H15IO3/c1-10-5-4-6-14(15(10)17)16(18)11-7-12(19-2)9-13(8-11)20-3/h4-9H,1-3H3. The average Bonchev–Trinajstić information content (AvgIpc) is 2.48. The molecule has 0 N–H and O–H groups in total. The van der Waals surface area contributed by atoms with E-state index in [0.29, 0.717) is 22.6 Å². The molecule has 2 rings (SSSR count). The molecule has 2 aromatic rings. The van der Waals surface area contributed by atoms with Gasteiger partial charge in [0.2, 0.25) is 0 Å². The van der Waals surface area contributed by atoms with Crippen molar-refractivity contribution < 1.29 is 14.3 Å². The number of methoxy groups -OCH3 is 2. The van der Waals surface area contributed by atoms with E-state index in [4.69, 9.17) is 9.47 Å². The summed E-state index contributed by atoms with van der Waals surface area (Å²) in [6, 6.07) is 10.9. The molecule has 2 aromatic carbocycles. The van der Waals surface area contributed by atoms with Crippen molar-refractivity contribution >= 4 is 28.4 Å². The van der Waals surface area contributed by atoms with E-state index in [9.17, 15) is 4.79 Å². The lowest BCUT2D eigenvalue weighted by Crippen LogP contribution is -2.05. The van der Waals surface area contributed by atoms with Crippen LogP contribution in [0.5, 0.6) is 11.5 Å². The lowest BCUT2D eigenvalue weighted by Gasteiger charge is -2.10. The zero-order valence-electron chi connectivity index (χ0n) is 11.6. The van der Waals surface area contributed by atoms with E-state index in [1.807, 2.05) is 25.1 Å². The van der Waals surface area contributed by atoms with Gasteiger partial charge in [0.15, 0.2) is 5.78 Å². The third-order valence-electron chi connectivity index (χ3n) is 3.05. The Morgan fingerprint density at radius 2 is 1.65 bits per heavy atom. The highest BCUT2D eigenvalue weighted by Gasteiger charge is 2.15. The molecule has 0 fully saturated rings. The Morgan fingerprint density at radius 1 is 1.05 bits per heavy atom. The van der Waals surface area contributed by atoms with Gasteiger partial charge in [-0.3, -0.25) is 4.79 Å². The second-order valence-electron chi connectivity index (χ2n) is 4.37. The fourth-order valence-electron chi connectivity index (χ4n) is 1.92. The van der Waals surface area contributed by atoms with Crippen LogP contribution < -0.4 is 9.47 Å². The zero-order valence-corrected chi connectivity index (χ0v) is 13.7. The molecular formula is C16H15IO3. The van der Waals surface area contributed by atoms with Gasteiger partial charge in [-0.1, -0.05) is 12.1 Å². The van der Waals surface area contributed by atoms with Crippen molar-refractivity contribution in [2.24, 2.45) is 0 Å². The quantitative estimate of drug-likeness (QED) is 0.596. The number of ether oxygens (including phenoxy) is 2. The molecule has 0 aliphatic heterocycles. The molecule has 3 nitrogen and oxygen atoms in total. The summed E-state index contributed by atoms with van der Waals surface area (Å²) in [5.74, 6) is 1.18. The van der Waals surface area contributed by atoms with Crippen molar-refractivity contribution in [3.05, 3.63) is 56.7 Å². The minimum Gasteiger partial charge on any atom is -0.497 e. The summed E-state index contributed by atoms with van der Waals surface area (Å²) < 4.78 is 11.4. The van der Waals surface area contributed by atoms with Gasteiger partial charge >= 0.3 is 0 Å². The van der Waals surface area contributed by atoms with E-state index in [-0.39, 0.29) is 5.78 Å². The van der Waals surface area contributed by atoms with Gasteiger partial charge in [-0.15, -0.1) is 0 Å². The number of benzene rings is 2. The summed E-state index contributed by atoms with van der Waals surface area (Å²) in [4.78, 5) is 12.6. The van der Waals surface area contributed by atoms with E-state index in [1.54, 1.807) is 32.4 Å². The van der Waals surface area contributed by atoms with Crippen LogP contribution in [0, 0.1) is 10.5 Å². The zero-order chi connectivity index (χ0) is 14.7. The first kappa shape index (κ1) is 14.8. The van der Waals surface area contributed by atoms with Crippen LogP contribution in [0.25, 0.3) is 0 Å². The van der Waals surface area contributed by atoms with Gasteiger partial charge in [-0.05, 0) is 53.3 Å². The predicted molar refractivity (Wildman–Crippen MR) is 86.9 cm³/mol. The van der Waals surface area contributed by atoms with Crippen LogP contribution in [0.3, 0.4) is 0 Å². The molecular weight excluding hydrogens is 367 g/mol. The van der Waals surface area contributed by atoms with E-state index in [2.05, 4.69) is 22.6 Å². The fraction of sp³-hybridized carbons (Fsp3) is 0.188. The Hall–Kier alpha value is -1.56. The number of aryl methyl sites for hydroxylation is 1. The van der Waals surface area contributed by atoms with Crippen LogP contribution in [0.4, 0.5) is 0 Å². The van der Waals surface area contributed by atoms with Crippen molar-refractivity contribution in [3.63, 3.8) is 0 Å². The van der Waals surface area contributed by atoms with Gasteiger partial charge in [0, 0.05) is 20.8 Å². The molecule has 104 valence electrons. The molecule has 0 aromatic heterocycles. The molecule has 0 heterocycles. The molecule has 0 amide bonds. The summed E-state index contributed by atoms with van der Waals surface area (Å²) in [5.41, 5.74) is 2.34. The molecule has 0 bridgehead atoms. The summed E-state index contributed by atoms with van der Waals surface area (Å²) >= 11 is 2.20. The Morgan fingerprint density at radius 3 is 2.20 bits per heavy atom. The first-order chi connectivity index (χ1) is 9.56. The van der Waals surface area contributed by atoms with Crippen molar-refractivity contribution in [3.8, 4) is 11.5 Å². The van der Waals surface area contributed by atoms with E-state index in [0.717, 1.165) is 9.13 Å². The lowest BCUT2D eigenvalue weighted by molar-refractivity contribution is 0.103. The monoisotopic (exact) mass is 382 g/mol. The molecule has 0 aliphatic carbocycles. The first-order valence-corrected chi connectivity index (χ1v) is 7.17. The van der Waals surface area contributed by atoms with Crippen molar-refractivity contribution in [1.29, 1.82) is 0 Å². The number of carbonyl (C=O) groups excluding carboxylic acids is 1. The second-order valence-corrected chi connectivity index (χ2v) is 5.45. The topological polar surface area (TPSA) is 35.5 Å². The predicted octanol–water partition coefficient (Wildman–Crippen LogP) is 3.85. The third kappa shape index (κ3) is 2.95. The van der Waals surface area contributed by atoms with Crippen LogP contribution in [0.2, 0.25) is 0 Å². The van der Waals surface area contributed by atoms with Gasteiger partial charge in [0.1, 0.15) is 11.5 Å². The third-order valence-corrected chi connectivity index (χ3v) is 4.48. The maximum atomic E-state index is 12.6. The van der Waals surface area contributed by atoms with E-state index < -0.39 is 0 Å². The number of hydrogen-bond acceptors (Lipinski definition) is 3. The Labute approximate surface area is 132 Å². The van der Waals surface area contributed by atoms with Crippen molar-refractivity contribution in [2.75, 3.05) is 14.2 Å². The molecule has 0 spiro atoms. The van der Waals surface area contributed by atoms with Gasteiger partial charge in [-0.2, -0.15) is 0 Å². The second kappa shape index (κ2) is 6.26. The summed E-state index contributed by atoms with van der Waals surface area (Å²) in [6.07, 6.45) is 0. The largest absolute Gasteiger partial charge is 0.497 e. The SMILES string of the molecule is COc1cc(OC)cc(C(=O)c2cccc(C)c2I)c1. The van der Waals surface area contributed by atoms with Gasteiger partial charge < -0.3 is 9.47 Å². The molecule has 0 saturated carbocycles. The molecule has 0 unspecified atom stereocenters. The highest BCUT2D eigenvalue weighted by molar-refractivity contribution is 14.1.